The highest BCUT2D eigenvalue weighted by Crippen LogP contribution is 2.37. The Labute approximate surface area is 194 Å². The van der Waals surface area contributed by atoms with Gasteiger partial charge < -0.3 is 5.32 Å². The van der Waals surface area contributed by atoms with Crippen LogP contribution < -0.4 is 5.32 Å². The molecule has 1 nitrogen and oxygen atoms in total. The van der Waals surface area contributed by atoms with E-state index in [0.29, 0.717) is 0 Å². The summed E-state index contributed by atoms with van der Waals surface area (Å²) >= 11 is 1.84. The minimum absolute atomic E-state index is 0.100. The minimum atomic E-state index is 0.100. The summed E-state index contributed by atoms with van der Waals surface area (Å²) in [6, 6.07) is 37.0. The zero-order chi connectivity index (χ0) is 22.1. The van der Waals surface area contributed by atoms with Gasteiger partial charge in [-0.2, -0.15) is 0 Å². The Morgan fingerprint density at radius 1 is 0.656 bits per heavy atom. The van der Waals surface area contributed by atoms with E-state index in [9.17, 15) is 0 Å². The van der Waals surface area contributed by atoms with Crippen LogP contribution in [-0.4, -0.2) is 0 Å². The predicted octanol–water partition coefficient (Wildman–Crippen LogP) is 9.28. The van der Waals surface area contributed by atoms with Crippen molar-refractivity contribution in [3.05, 3.63) is 109 Å². The van der Waals surface area contributed by atoms with Gasteiger partial charge in [0.2, 0.25) is 0 Å². The Morgan fingerprint density at radius 2 is 1.41 bits per heavy atom. The second kappa shape index (κ2) is 8.29. The van der Waals surface area contributed by atoms with Gasteiger partial charge in [-0.3, -0.25) is 0 Å². The van der Waals surface area contributed by atoms with Crippen LogP contribution in [0.15, 0.2) is 103 Å². The van der Waals surface area contributed by atoms with Crippen molar-refractivity contribution >= 4 is 32.8 Å². The number of hydrogen-bond donors (Lipinski definition) is 1. The molecular formula is C30H27NS. The van der Waals surface area contributed by atoms with E-state index >= 15 is 0 Å². The van der Waals surface area contributed by atoms with Gasteiger partial charge in [0.1, 0.15) is 0 Å². The standard InChI is InChI=1S/C30H27NS/c1-30(2,3)24-16-17-27(26(20-24)21-10-5-4-6-11-21)31-25-14-9-13-22(18-25)29-19-23-12-7-8-15-28(23)32-29/h4-20,31H,1-3H3. The molecule has 0 atom stereocenters. The lowest BCUT2D eigenvalue weighted by Gasteiger charge is -2.22. The Kier molecular flexibility index (Phi) is 5.32. The zero-order valence-electron chi connectivity index (χ0n) is 18.7. The van der Waals surface area contributed by atoms with Crippen molar-refractivity contribution in [1.29, 1.82) is 0 Å². The van der Waals surface area contributed by atoms with Crippen LogP contribution in [0.5, 0.6) is 0 Å². The molecule has 1 heterocycles. The molecule has 1 N–H and O–H groups in total. The van der Waals surface area contributed by atoms with Gasteiger partial charge in [-0.15, -0.1) is 11.3 Å². The number of nitrogens with one attached hydrogen (secondary N) is 1. The van der Waals surface area contributed by atoms with E-state index < -0.39 is 0 Å². The second-order valence-electron chi connectivity index (χ2n) is 9.23. The first-order chi connectivity index (χ1) is 15.5. The summed E-state index contributed by atoms with van der Waals surface area (Å²) in [5.41, 5.74) is 7.35. The molecule has 1 aromatic heterocycles. The second-order valence-corrected chi connectivity index (χ2v) is 10.3. The fraction of sp³-hybridized carbons (Fsp3) is 0.133. The molecule has 4 aromatic carbocycles. The monoisotopic (exact) mass is 433 g/mol. The van der Waals surface area contributed by atoms with Crippen LogP contribution in [-0.2, 0) is 5.41 Å². The van der Waals surface area contributed by atoms with Gasteiger partial charge in [0.15, 0.2) is 0 Å². The maximum atomic E-state index is 3.70. The molecule has 0 bridgehead atoms. The summed E-state index contributed by atoms with van der Waals surface area (Å²) in [4.78, 5) is 1.29. The molecule has 0 saturated heterocycles. The van der Waals surface area contributed by atoms with E-state index in [-0.39, 0.29) is 5.41 Å². The highest BCUT2D eigenvalue weighted by molar-refractivity contribution is 7.22. The summed E-state index contributed by atoms with van der Waals surface area (Å²) in [6.45, 7) is 6.79. The largest absolute Gasteiger partial charge is 0.355 e. The maximum Gasteiger partial charge on any atom is 0.0464 e. The van der Waals surface area contributed by atoms with Gasteiger partial charge in [0.05, 0.1) is 0 Å². The number of rotatable bonds is 4. The van der Waals surface area contributed by atoms with Gasteiger partial charge in [-0.25, -0.2) is 0 Å². The van der Waals surface area contributed by atoms with Gasteiger partial charge in [-0.05, 0) is 63.9 Å². The third kappa shape index (κ3) is 4.19. The lowest BCUT2D eigenvalue weighted by molar-refractivity contribution is 0.590. The molecule has 0 fully saturated rings. The van der Waals surface area contributed by atoms with Crippen LogP contribution in [0, 0.1) is 0 Å². The third-order valence-electron chi connectivity index (χ3n) is 5.82. The fourth-order valence-electron chi connectivity index (χ4n) is 4.01. The highest BCUT2D eigenvalue weighted by atomic mass is 32.1. The quantitative estimate of drug-likeness (QED) is 0.298. The number of fused-ring (bicyclic) bond motifs is 1. The lowest BCUT2D eigenvalue weighted by Crippen LogP contribution is -2.11. The van der Waals surface area contributed by atoms with Crippen LogP contribution in [0.3, 0.4) is 0 Å². The van der Waals surface area contributed by atoms with Crippen molar-refractivity contribution in [3.8, 4) is 21.6 Å². The Hall–Kier alpha value is -3.36. The smallest absolute Gasteiger partial charge is 0.0464 e. The Morgan fingerprint density at radius 3 is 2.19 bits per heavy atom. The molecule has 0 aliphatic rings. The molecule has 0 amide bonds. The van der Waals surface area contributed by atoms with Crippen molar-refractivity contribution in [2.24, 2.45) is 0 Å². The highest BCUT2D eigenvalue weighted by Gasteiger charge is 2.16. The molecule has 0 spiro atoms. The van der Waals surface area contributed by atoms with Crippen molar-refractivity contribution in [2.75, 3.05) is 5.32 Å². The number of hydrogen-bond acceptors (Lipinski definition) is 2. The van der Waals surface area contributed by atoms with Crippen molar-refractivity contribution in [1.82, 2.24) is 0 Å². The number of thiophene rings is 1. The molecule has 5 rings (SSSR count). The summed E-state index contributed by atoms with van der Waals surface area (Å²) in [5, 5.41) is 5.00. The summed E-state index contributed by atoms with van der Waals surface area (Å²) in [5.74, 6) is 0. The average molecular weight is 434 g/mol. The number of benzene rings is 4. The Balaban J connectivity index is 1.53. The van der Waals surface area contributed by atoms with E-state index in [1.807, 2.05) is 11.3 Å². The van der Waals surface area contributed by atoms with E-state index in [2.05, 4.69) is 129 Å². The van der Waals surface area contributed by atoms with E-state index in [1.165, 1.54) is 37.2 Å². The first-order valence-corrected chi connectivity index (χ1v) is 11.8. The molecule has 0 unspecified atom stereocenters. The first-order valence-electron chi connectivity index (χ1n) is 11.0. The molecule has 2 heteroatoms. The van der Waals surface area contributed by atoms with Crippen LogP contribution in [0.4, 0.5) is 11.4 Å². The fourth-order valence-corrected chi connectivity index (χ4v) is 5.07. The van der Waals surface area contributed by atoms with E-state index in [1.54, 1.807) is 0 Å². The van der Waals surface area contributed by atoms with Crippen LogP contribution in [0.2, 0.25) is 0 Å². The molecule has 0 saturated carbocycles. The van der Waals surface area contributed by atoms with Gasteiger partial charge in [0, 0.05) is 26.5 Å². The lowest BCUT2D eigenvalue weighted by atomic mass is 9.85. The molecule has 0 aliphatic carbocycles. The molecule has 158 valence electrons. The average Bonchev–Trinajstić information content (AvgIpc) is 3.24. The van der Waals surface area contributed by atoms with Crippen molar-refractivity contribution in [3.63, 3.8) is 0 Å². The SMILES string of the molecule is CC(C)(C)c1ccc(Nc2cccc(-c3cc4ccccc4s3)c2)c(-c2ccccc2)c1. The molecular weight excluding hydrogens is 406 g/mol. The van der Waals surface area contributed by atoms with E-state index in [4.69, 9.17) is 0 Å². The zero-order valence-corrected chi connectivity index (χ0v) is 19.5. The van der Waals surface area contributed by atoms with Crippen LogP contribution in [0.25, 0.3) is 31.7 Å². The summed E-state index contributed by atoms with van der Waals surface area (Å²) in [7, 11) is 0. The first kappa shape index (κ1) is 20.5. The van der Waals surface area contributed by atoms with Crippen molar-refractivity contribution in [2.45, 2.75) is 26.2 Å². The molecule has 0 aliphatic heterocycles. The third-order valence-corrected chi connectivity index (χ3v) is 6.99. The maximum absolute atomic E-state index is 3.70. The minimum Gasteiger partial charge on any atom is -0.355 e. The van der Waals surface area contributed by atoms with Crippen molar-refractivity contribution < 1.29 is 0 Å². The summed E-state index contributed by atoms with van der Waals surface area (Å²) < 4.78 is 1.32. The molecule has 0 radical (unpaired) electrons. The van der Waals surface area contributed by atoms with Crippen LogP contribution in [0.1, 0.15) is 26.3 Å². The van der Waals surface area contributed by atoms with Crippen LogP contribution >= 0.6 is 11.3 Å². The molecule has 32 heavy (non-hydrogen) atoms. The Bertz CT molecular complexity index is 1340. The summed E-state index contributed by atoms with van der Waals surface area (Å²) in [6.07, 6.45) is 0. The molecule has 5 aromatic rings. The normalized spacial score (nSPS) is 11.6. The van der Waals surface area contributed by atoms with Gasteiger partial charge in [-0.1, -0.05) is 87.5 Å². The predicted molar refractivity (Wildman–Crippen MR) is 141 cm³/mol. The van der Waals surface area contributed by atoms with E-state index in [0.717, 1.165) is 11.4 Å². The number of anilines is 2. The topological polar surface area (TPSA) is 12.0 Å². The van der Waals surface area contributed by atoms with Gasteiger partial charge in [0.25, 0.3) is 0 Å². The van der Waals surface area contributed by atoms with Gasteiger partial charge >= 0.3 is 0 Å².